The Bertz CT molecular complexity index is 922. The maximum Gasteiger partial charge on any atom is 0.125 e. The fourth-order valence-corrected chi connectivity index (χ4v) is 10.7. The quantitative estimate of drug-likeness (QED) is 0.0993. The van der Waals surface area contributed by atoms with Gasteiger partial charge in [-0.15, -0.1) is 20.7 Å². The molecule has 7 heteroatoms. The normalized spacial score (nSPS) is 37.0. The van der Waals surface area contributed by atoms with E-state index >= 15 is 0 Å². The van der Waals surface area contributed by atoms with Gasteiger partial charge < -0.3 is 20.1 Å². The van der Waals surface area contributed by atoms with Crippen molar-refractivity contribution in [2.45, 2.75) is 119 Å². The first kappa shape index (κ1) is 31.8. The average Bonchev–Trinajstić information content (AvgIpc) is 3.18. The number of ether oxygens (including phenoxy) is 1. The van der Waals surface area contributed by atoms with Gasteiger partial charge in [0.25, 0.3) is 0 Å². The van der Waals surface area contributed by atoms with Gasteiger partial charge in [-0.3, -0.25) is 0 Å². The van der Waals surface area contributed by atoms with Crippen molar-refractivity contribution in [2.75, 3.05) is 13.2 Å². The maximum absolute atomic E-state index is 11.6. The van der Waals surface area contributed by atoms with Gasteiger partial charge in [-0.05, 0) is 87.2 Å². The van der Waals surface area contributed by atoms with Crippen LogP contribution in [0.15, 0.2) is 40.6 Å². The molecular weight excluding hydrogens is 593 g/mol. The minimum Gasteiger partial charge on any atom is -0.396 e. The van der Waals surface area contributed by atoms with Crippen LogP contribution in [0.4, 0.5) is 0 Å². The highest BCUT2D eigenvalue weighted by molar-refractivity contribution is 14.2. The number of aliphatic hydroxyl groups excluding tert-OH is 2. The zero-order chi connectivity index (χ0) is 28.1. The van der Waals surface area contributed by atoms with Crippen molar-refractivity contribution >= 4 is 25.2 Å². The molecule has 3 aliphatic rings. The van der Waals surface area contributed by atoms with E-state index in [4.69, 9.17) is 9.84 Å². The van der Waals surface area contributed by atoms with Gasteiger partial charge in [0.1, 0.15) is 18.2 Å². The lowest BCUT2D eigenvalue weighted by Gasteiger charge is -2.51. The molecule has 0 bridgehead atoms. The number of rotatable bonds is 12. The third-order valence-corrected chi connectivity index (χ3v) is 13.4. The van der Waals surface area contributed by atoms with E-state index in [0.717, 1.165) is 31.3 Å². The summed E-state index contributed by atoms with van der Waals surface area (Å²) < 4.78 is 10.5. The number of nitrogens with zero attached hydrogens (tertiary/aromatic N) is 1. The molecule has 0 saturated heterocycles. The molecule has 0 aromatic rings. The maximum atomic E-state index is 11.6. The van der Waals surface area contributed by atoms with Crippen LogP contribution in [-0.4, -0.2) is 60.3 Å². The van der Waals surface area contributed by atoms with Crippen molar-refractivity contribution < 1.29 is 20.1 Å². The molecule has 0 aromatic carbocycles. The zero-order valence-electron chi connectivity index (χ0n) is 23.9. The first-order valence-electron chi connectivity index (χ1n) is 14.4. The predicted molar refractivity (Wildman–Crippen MR) is 165 cm³/mol. The molecule has 0 aromatic heterocycles. The molecule has 0 unspecified atom stereocenters. The average molecular weight is 644 g/mol. The van der Waals surface area contributed by atoms with E-state index in [9.17, 15) is 15.1 Å². The largest absolute Gasteiger partial charge is 0.396 e. The Balaban J connectivity index is 1.81. The van der Waals surface area contributed by atoms with Gasteiger partial charge >= 0.3 is 0 Å². The number of hydrogen-bond acceptors (Lipinski definition) is 6. The predicted octanol–water partition coefficient (Wildman–Crippen LogP) is 6.38. The lowest BCUT2D eigenvalue weighted by molar-refractivity contribution is -0.0442. The molecule has 0 amide bonds. The summed E-state index contributed by atoms with van der Waals surface area (Å²) in [6.07, 6.45) is 12.5. The zero-order valence-corrected chi connectivity index (χ0v) is 26.1. The highest BCUT2D eigenvalue weighted by atomic mass is 127. The second kappa shape index (κ2) is 13.3. The molecule has 38 heavy (non-hydrogen) atoms. The van der Waals surface area contributed by atoms with Gasteiger partial charge in [-0.2, -0.15) is 4.91 Å². The van der Waals surface area contributed by atoms with Gasteiger partial charge in [0.2, 0.25) is 0 Å². The summed E-state index contributed by atoms with van der Waals surface area (Å²) in [5, 5.41) is 33.4. The number of nitroso groups, excluding NO2 is 1. The Morgan fingerprint density at radius 3 is 2.66 bits per heavy atom. The van der Waals surface area contributed by atoms with Gasteiger partial charge in [-0.1, -0.05) is 60.7 Å². The number of hydrogen-bond donors (Lipinski definition) is 3. The Kier molecular flexibility index (Phi) is 11.1. The Morgan fingerprint density at radius 2 is 2.03 bits per heavy atom. The van der Waals surface area contributed by atoms with Crippen molar-refractivity contribution in [3.8, 4) is 0 Å². The van der Waals surface area contributed by atoms with Crippen LogP contribution < -0.4 is 0 Å². The summed E-state index contributed by atoms with van der Waals surface area (Å²) in [7, 11) is 0. The molecule has 6 nitrogen and oxygen atoms in total. The lowest BCUT2D eigenvalue weighted by atomic mass is 9.60. The molecule has 216 valence electrons. The van der Waals surface area contributed by atoms with Crippen LogP contribution in [-0.2, 0) is 4.74 Å². The van der Waals surface area contributed by atoms with Gasteiger partial charge in [0.15, 0.2) is 0 Å². The molecule has 3 rings (SSSR count). The second-order valence-electron chi connectivity index (χ2n) is 12.7. The summed E-state index contributed by atoms with van der Waals surface area (Å²) in [6.45, 7) is 13.1. The third-order valence-electron chi connectivity index (χ3n) is 9.66. The molecule has 0 spiro atoms. The van der Waals surface area contributed by atoms with Crippen molar-refractivity contribution in [2.24, 2.45) is 22.4 Å². The van der Waals surface area contributed by atoms with Gasteiger partial charge in [-0.25, -0.2) is 0 Å². The van der Waals surface area contributed by atoms with E-state index in [1.165, 1.54) is 31.3 Å². The summed E-state index contributed by atoms with van der Waals surface area (Å²) in [5.41, 5.74) is 2.59. The van der Waals surface area contributed by atoms with Crippen LogP contribution in [0.25, 0.3) is 0 Å². The Morgan fingerprint density at radius 1 is 1.29 bits per heavy atom. The molecule has 7 atom stereocenters. The smallest absolute Gasteiger partial charge is 0.125 e. The van der Waals surface area contributed by atoms with Gasteiger partial charge in [0, 0.05) is 23.1 Å². The van der Waals surface area contributed by atoms with E-state index in [2.05, 4.69) is 42.3 Å². The molecule has 0 radical (unpaired) electrons. The van der Waals surface area contributed by atoms with Crippen LogP contribution in [0.5, 0.6) is 0 Å². The van der Waals surface area contributed by atoms with E-state index in [-0.39, 0.29) is 42.8 Å². The SMILES string of the molecule is C=I[C@@]12CC[C@H]([C@H](C)CCCC(C)(C)O)[C@@]1(C)CCC/C2=C\C=C1\C[C@@H](N=O)[C@@H](OCCCO)[C@H](O)C1=C. The molecule has 0 heterocycles. The van der Waals surface area contributed by atoms with Gasteiger partial charge in [0.05, 0.1) is 5.60 Å². The van der Waals surface area contributed by atoms with Crippen LogP contribution in [0.1, 0.15) is 91.9 Å². The van der Waals surface area contributed by atoms with Crippen molar-refractivity contribution in [1.82, 2.24) is 0 Å². The summed E-state index contributed by atoms with van der Waals surface area (Å²) in [6, 6.07) is -0.676. The first-order valence-corrected chi connectivity index (χ1v) is 17.0. The lowest BCUT2D eigenvalue weighted by Crippen LogP contribution is -2.46. The molecule has 3 N–H and O–H groups in total. The minimum absolute atomic E-state index is 0.00226. The number of alkyl halides is 1. The third kappa shape index (κ3) is 6.59. The molecule has 3 fully saturated rings. The topological polar surface area (TPSA) is 99.4 Å². The van der Waals surface area contributed by atoms with E-state index in [1.807, 2.05) is 13.8 Å². The molecule has 0 aliphatic heterocycles. The van der Waals surface area contributed by atoms with E-state index in [0.29, 0.717) is 30.3 Å². The van der Waals surface area contributed by atoms with Crippen molar-refractivity contribution in [3.05, 3.63) is 40.4 Å². The Hall–Kier alpha value is -0.740. The van der Waals surface area contributed by atoms with Crippen LogP contribution >= 0.6 is 20.7 Å². The summed E-state index contributed by atoms with van der Waals surface area (Å²) >= 11 is -0.302. The standard InChI is InChI=1S/C31H50INO5/c1-21(10-7-15-29(3,4)36)25-14-17-31(32-6)24(11-8-16-30(25,31)5)13-12-23-20-26(33-37)28(27(35)22(23)2)38-19-9-18-34/h12-13,21,25-28,34-36H,2,6-11,14-20H2,1,3-5H3/b23-12-,24-13+/t21-,25-,26-,27-,28-,30-,31-/m1/s1. The van der Waals surface area contributed by atoms with Crippen molar-refractivity contribution in [3.63, 3.8) is 0 Å². The van der Waals surface area contributed by atoms with Crippen molar-refractivity contribution in [1.29, 1.82) is 0 Å². The van der Waals surface area contributed by atoms with Crippen LogP contribution in [0, 0.1) is 22.2 Å². The minimum atomic E-state index is -0.985. The molecule has 3 saturated carbocycles. The fourth-order valence-electron chi connectivity index (χ4n) is 7.53. The van der Waals surface area contributed by atoms with E-state index in [1.54, 1.807) is 0 Å². The number of halogens is 1. The Labute approximate surface area is 239 Å². The molecule has 3 aliphatic carbocycles. The van der Waals surface area contributed by atoms with Crippen LogP contribution in [0.3, 0.4) is 0 Å². The summed E-state index contributed by atoms with van der Waals surface area (Å²) in [4.78, 5) is 11.6. The molecular formula is C31H50INO5. The first-order chi connectivity index (χ1) is 17.9. The van der Waals surface area contributed by atoms with E-state index < -0.39 is 23.9 Å². The summed E-state index contributed by atoms with van der Waals surface area (Å²) in [5.74, 6) is 1.28. The number of fused-ring (bicyclic) bond motifs is 1. The highest BCUT2D eigenvalue weighted by Gasteiger charge is 2.59. The fraction of sp³-hybridized carbons (Fsp3) is 0.774. The second-order valence-corrected chi connectivity index (χ2v) is 15.3. The van der Waals surface area contributed by atoms with Crippen LogP contribution in [0.2, 0.25) is 0 Å². The number of allylic oxidation sites excluding steroid dienone is 3. The number of aliphatic hydroxyl groups is 3. The monoisotopic (exact) mass is 643 g/mol. The highest BCUT2D eigenvalue weighted by Crippen LogP contribution is 2.67.